The minimum Gasteiger partial charge on any atom is -0.465 e. The van der Waals surface area contributed by atoms with E-state index in [2.05, 4.69) is 0 Å². The number of carbonyl (C=O) groups excluding carboxylic acids is 1. The van der Waals surface area contributed by atoms with Gasteiger partial charge in [-0.25, -0.2) is 0 Å². The van der Waals surface area contributed by atoms with Crippen LogP contribution >= 0.6 is 24.0 Å². The standard InChI is InChI=1S/C14H21NO2.HI.H3N/c1-5-17-13(16)14(2,15(3)4)11-12-9-7-6-8-10-12;;/h6-10H,5,11H2,1-4H3;1H;1H3. The van der Waals surface area contributed by atoms with Crippen molar-refractivity contribution in [2.45, 2.75) is 25.8 Å². The van der Waals surface area contributed by atoms with Gasteiger partial charge in [0.2, 0.25) is 0 Å². The molecule has 1 atom stereocenters. The van der Waals surface area contributed by atoms with E-state index in [4.69, 9.17) is 4.74 Å². The monoisotopic (exact) mass is 380 g/mol. The predicted octanol–water partition coefficient (Wildman–Crippen LogP) is 2.89. The van der Waals surface area contributed by atoms with Crippen LogP contribution in [0.3, 0.4) is 0 Å². The maximum atomic E-state index is 12.0. The van der Waals surface area contributed by atoms with E-state index < -0.39 is 5.54 Å². The summed E-state index contributed by atoms with van der Waals surface area (Å²) in [6.07, 6.45) is 0.652. The second-order valence-corrected chi connectivity index (χ2v) is 4.55. The summed E-state index contributed by atoms with van der Waals surface area (Å²) in [5.74, 6) is -0.172. The molecule has 1 rings (SSSR count). The van der Waals surface area contributed by atoms with Crippen molar-refractivity contribution in [2.24, 2.45) is 0 Å². The molecule has 0 amide bonds. The highest BCUT2D eigenvalue weighted by molar-refractivity contribution is 14.0. The van der Waals surface area contributed by atoms with Crippen molar-refractivity contribution in [3.05, 3.63) is 35.9 Å². The molecule has 110 valence electrons. The lowest BCUT2D eigenvalue weighted by atomic mass is 9.91. The molecule has 0 heterocycles. The van der Waals surface area contributed by atoms with Crippen LogP contribution in [-0.4, -0.2) is 37.1 Å². The minimum atomic E-state index is -0.614. The first-order valence-electron chi connectivity index (χ1n) is 5.89. The van der Waals surface area contributed by atoms with Gasteiger partial charge in [0.1, 0.15) is 5.54 Å². The van der Waals surface area contributed by atoms with Gasteiger partial charge < -0.3 is 10.9 Å². The summed E-state index contributed by atoms with van der Waals surface area (Å²) in [5, 5.41) is 0. The van der Waals surface area contributed by atoms with Crippen LogP contribution in [0.1, 0.15) is 19.4 Å². The number of ether oxygens (including phenoxy) is 1. The van der Waals surface area contributed by atoms with Gasteiger partial charge in [-0.05, 0) is 33.5 Å². The molecule has 4 nitrogen and oxygen atoms in total. The number of hydrogen-bond donors (Lipinski definition) is 1. The Kier molecular flexibility index (Phi) is 10.1. The summed E-state index contributed by atoms with van der Waals surface area (Å²) in [5.41, 5.74) is 0.522. The number of hydrogen-bond acceptors (Lipinski definition) is 4. The summed E-state index contributed by atoms with van der Waals surface area (Å²) in [7, 11) is 3.81. The number of nitrogens with zero attached hydrogens (tertiary/aromatic N) is 1. The molecule has 0 saturated heterocycles. The number of esters is 1. The Bertz CT molecular complexity index is 371. The van der Waals surface area contributed by atoms with E-state index in [-0.39, 0.29) is 36.1 Å². The molecule has 0 radical (unpaired) electrons. The Morgan fingerprint density at radius 1 is 1.26 bits per heavy atom. The second-order valence-electron chi connectivity index (χ2n) is 4.55. The van der Waals surface area contributed by atoms with Gasteiger partial charge in [0.25, 0.3) is 0 Å². The van der Waals surface area contributed by atoms with E-state index in [0.29, 0.717) is 13.0 Å². The zero-order valence-electron chi connectivity index (χ0n) is 12.2. The number of benzene rings is 1. The van der Waals surface area contributed by atoms with Crippen molar-refractivity contribution in [3.8, 4) is 0 Å². The highest BCUT2D eigenvalue weighted by atomic mass is 127. The Balaban J connectivity index is 0. The van der Waals surface area contributed by atoms with Crippen LogP contribution in [0.4, 0.5) is 0 Å². The van der Waals surface area contributed by atoms with Crippen molar-refractivity contribution < 1.29 is 9.53 Å². The largest absolute Gasteiger partial charge is 0.465 e. The molecular formula is C14H25IN2O2. The first kappa shape index (κ1) is 20.7. The molecule has 0 aliphatic rings. The molecule has 5 heteroatoms. The summed E-state index contributed by atoms with van der Waals surface area (Å²) < 4.78 is 5.16. The third-order valence-corrected chi connectivity index (χ3v) is 3.09. The molecule has 0 spiro atoms. The van der Waals surface area contributed by atoms with Crippen LogP contribution in [0.15, 0.2) is 30.3 Å². The fourth-order valence-electron chi connectivity index (χ4n) is 1.69. The Morgan fingerprint density at radius 2 is 1.79 bits per heavy atom. The van der Waals surface area contributed by atoms with Crippen LogP contribution in [0.5, 0.6) is 0 Å². The van der Waals surface area contributed by atoms with Crippen LogP contribution in [0, 0.1) is 0 Å². The van der Waals surface area contributed by atoms with Crippen LogP contribution in [0.25, 0.3) is 0 Å². The molecule has 0 aliphatic carbocycles. The number of carbonyl (C=O) groups is 1. The third kappa shape index (κ3) is 5.46. The average Bonchev–Trinajstić information content (AvgIpc) is 2.30. The van der Waals surface area contributed by atoms with E-state index >= 15 is 0 Å². The van der Waals surface area contributed by atoms with Gasteiger partial charge in [-0.15, -0.1) is 24.0 Å². The molecule has 0 aliphatic heterocycles. The Morgan fingerprint density at radius 3 is 2.21 bits per heavy atom. The summed E-state index contributed by atoms with van der Waals surface area (Å²) in [6, 6.07) is 10.00. The molecular weight excluding hydrogens is 355 g/mol. The maximum Gasteiger partial charge on any atom is 0.326 e. The Hall–Kier alpha value is -0.660. The fraction of sp³-hybridized carbons (Fsp3) is 0.500. The van der Waals surface area contributed by atoms with E-state index in [9.17, 15) is 4.79 Å². The zero-order valence-corrected chi connectivity index (χ0v) is 14.5. The lowest BCUT2D eigenvalue weighted by Crippen LogP contribution is -2.51. The summed E-state index contributed by atoms with van der Waals surface area (Å²) in [6.45, 7) is 4.16. The number of rotatable bonds is 5. The van der Waals surface area contributed by atoms with Gasteiger partial charge in [0, 0.05) is 6.42 Å². The molecule has 3 N–H and O–H groups in total. The van der Waals surface area contributed by atoms with Gasteiger partial charge in [-0.2, -0.15) is 0 Å². The molecule has 1 aromatic carbocycles. The summed E-state index contributed by atoms with van der Waals surface area (Å²) in [4.78, 5) is 14.0. The number of halogens is 1. The van der Waals surface area contributed by atoms with E-state index in [1.165, 1.54) is 0 Å². The quantitative estimate of drug-likeness (QED) is 0.630. The van der Waals surface area contributed by atoms with Gasteiger partial charge in [-0.3, -0.25) is 9.69 Å². The summed E-state index contributed by atoms with van der Waals surface area (Å²) >= 11 is 0. The normalized spacial score (nSPS) is 12.9. The predicted molar refractivity (Wildman–Crippen MR) is 89.3 cm³/mol. The van der Waals surface area contributed by atoms with Crippen LogP contribution in [-0.2, 0) is 16.0 Å². The molecule has 1 unspecified atom stereocenters. The minimum absolute atomic E-state index is 0. The maximum absolute atomic E-state index is 12.0. The van der Waals surface area contributed by atoms with E-state index in [1.54, 1.807) is 0 Å². The van der Waals surface area contributed by atoms with Crippen molar-refractivity contribution in [2.75, 3.05) is 20.7 Å². The Labute approximate surface area is 133 Å². The smallest absolute Gasteiger partial charge is 0.326 e. The van der Waals surface area contributed by atoms with Crippen molar-refractivity contribution in [3.63, 3.8) is 0 Å². The highest BCUT2D eigenvalue weighted by Crippen LogP contribution is 2.20. The average molecular weight is 380 g/mol. The first-order valence-corrected chi connectivity index (χ1v) is 5.89. The van der Waals surface area contributed by atoms with Gasteiger partial charge >= 0.3 is 5.97 Å². The van der Waals surface area contributed by atoms with Crippen LogP contribution < -0.4 is 6.15 Å². The lowest BCUT2D eigenvalue weighted by Gasteiger charge is -2.34. The van der Waals surface area contributed by atoms with Gasteiger partial charge in [0.05, 0.1) is 6.61 Å². The van der Waals surface area contributed by atoms with Gasteiger partial charge in [-0.1, -0.05) is 30.3 Å². The van der Waals surface area contributed by atoms with Crippen molar-refractivity contribution in [1.82, 2.24) is 11.1 Å². The van der Waals surface area contributed by atoms with E-state index in [1.807, 2.05) is 63.2 Å². The van der Waals surface area contributed by atoms with Crippen LogP contribution in [0.2, 0.25) is 0 Å². The molecule has 0 fully saturated rings. The highest BCUT2D eigenvalue weighted by Gasteiger charge is 2.37. The first-order chi connectivity index (χ1) is 8.00. The zero-order chi connectivity index (χ0) is 12.9. The van der Waals surface area contributed by atoms with Crippen molar-refractivity contribution in [1.29, 1.82) is 0 Å². The molecule has 0 aromatic heterocycles. The molecule has 19 heavy (non-hydrogen) atoms. The van der Waals surface area contributed by atoms with Gasteiger partial charge in [0.15, 0.2) is 0 Å². The third-order valence-electron chi connectivity index (χ3n) is 3.09. The SMILES string of the molecule is CCOC(=O)C(C)(Cc1ccccc1)N(C)C.I.N. The second kappa shape index (κ2) is 9.28. The molecule has 1 aromatic rings. The lowest BCUT2D eigenvalue weighted by molar-refractivity contribution is -0.155. The topological polar surface area (TPSA) is 64.5 Å². The number of likely N-dealkylation sites (N-methyl/N-ethyl adjacent to an activating group) is 1. The van der Waals surface area contributed by atoms with Crippen molar-refractivity contribution >= 4 is 29.9 Å². The van der Waals surface area contributed by atoms with E-state index in [0.717, 1.165) is 5.56 Å². The molecule has 0 saturated carbocycles. The molecule has 0 bridgehead atoms. The fourth-order valence-corrected chi connectivity index (χ4v) is 1.69.